The lowest BCUT2D eigenvalue weighted by Gasteiger charge is -2.31. The monoisotopic (exact) mass is 352 g/mol. The van der Waals surface area contributed by atoms with Crippen LogP contribution in [0.15, 0.2) is 71.7 Å². The van der Waals surface area contributed by atoms with E-state index in [1.807, 2.05) is 67.6 Å². The van der Waals surface area contributed by atoms with Crippen LogP contribution in [0.2, 0.25) is 0 Å². The Morgan fingerprint density at radius 3 is 1.92 bits per heavy atom. The zero-order valence-corrected chi connectivity index (χ0v) is 15.2. The fourth-order valence-electron chi connectivity index (χ4n) is 3.11. The third kappa shape index (κ3) is 3.39. The lowest BCUT2D eigenvalue weighted by atomic mass is 10.3. The molecular formula is C20H21N2O2P. The van der Waals surface area contributed by atoms with Gasteiger partial charge in [0.15, 0.2) is 7.14 Å². The van der Waals surface area contributed by atoms with E-state index >= 15 is 0 Å². The predicted octanol–water partition coefficient (Wildman–Crippen LogP) is 3.09. The van der Waals surface area contributed by atoms with Crippen LogP contribution >= 0.6 is 7.14 Å². The number of nitriles is 1. The number of allylic oxidation sites excluding steroid dienone is 2. The lowest BCUT2D eigenvalue weighted by Crippen LogP contribution is -2.36. The Kier molecular flexibility index (Phi) is 5.38. The van der Waals surface area contributed by atoms with E-state index in [9.17, 15) is 9.83 Å². The highest BCUT2D eigenvalue weighted by Crippen LogP contribution is 2.53. The highest BCUT2D eigenvalue weighted by atomic mass is 31.2. The van der Waals surface area contributed by atoms with Gasteiger partial charge in [0.25, 0.3) is 0 Å². The second kappa shape index (κ2) is 7.70. The quantitative estimate of drug-likeness (QED) is 0.627. The zero-order chi connectivity index (χ0) is 17.7. The van der Waals surface area contributed by atoms with Gasteiger partial charge in [-0.1, -0.05) is 60.7 Å². The van der Waals surface area contributed by atoms with Gasteiger partial charge in [-0.2, -0.15) is 5.26 Å². The number of nitrogens with zero attached hydrogens (tertiary/aromatic N) is 2. The Balaban J connectivity index is 2.20. The summed E-state index contributed by atoms with van der Waals surface area (Å²) in [4.78, 5) is 2.10. The molecule has 2 aromatic rings. The number of benzene rings is 2. The van der Waals surface area contributed by atoms with Gasteiger partial charge in [0, 0.05) is 29.4 Å². The fourth-order valence-corrected chi connectivity index (χ4v) is 5.85. The molecule has 0 bridgehead atoms. The number of ether oxygens (including phenoxy) is 1. The SMILES string of the molecule is C/C(=C(\C#N)P(=O)(c1ccccc1)c1ccccc1)N1CCOCC1. The van der Waals surface area contributed by atoms with Gasteiger partial charge >= 0.3 is 0 Å². The van der Waals surface area contributed by atoms with Gasteiger partial charge in [-0.3, -0.25) is 0 Å². The van der Waals surface area contributed by atoms with Crippen LogP contribution in [0.3, 0.4) is 0 Å². The normalized spacial score (nSPS) is 16.1. The van der Waals surface area contributed by atoms with E-state index in [-0.39, 0.29) is 0 Å². The van der Waals surface area contributed by atoms with Crippen molar-refractivity contribution >= 4 is 17.8 Å². The fraction of sp³-hybridized carbons (Fsp3) is 0.250. The molecule has 4 nitrogen and oxygen atoms in total. The molecule has 0 aromatic heterocycles. The number of hydrogen-bond acceptors (Lipinski definition) is 4. The Morgan fingerprint density at radius 1 is 1.00 bits per heavy atom. The van der Waals surface area contributed by atoms with Gasteiger partial charge in [-0.25, -0.2) is 0 Å². The minimum atomic E-state index is -3.22. The van der Waals surface area contributed by atoms with Crippen LogP contribution in [0, 0.1) is 11.3 Å². The van der Waals surface area contributed by atoms with Crippen molar-refractivity contribution in [2.45, 2.75) is 6.92 Å². The van der Waals surface area contributed by atoms with E-state index in [0.29, 0.717) is 42.2 Å². The smallest absolute Gasteiger partial charge is 0.182 e. The zero-order valence-electron chi connectivity index (χ0n) is 14.3. The van der Waals surface area contributed by atoms with E-state index in [0.717, 1.165) is 5.70 Å². The molecule has 3 rings (SSSR count). The summed E-state index contributed by atoms with van der Waals surface area (Å²) in [5.41, 5.74) is 0.779. The summed E-state index contributed by atoms with van der Waals surface area (Å²) in [7, 11) is -3.22. The van der Waals surface area contributed by atoms with Crippen LogP contribution < -0.4 is 10.6 Å². The second-order valence-corrected chi connectivity index (χ2v) is 8.62. The Morgan fingerprint density at radius 2 is 1.48 bits per heavy atom. The third-order valence-electron chi connectivity index (χ3n) is 4.49. The molecule has 1 aliphatic heterocycles. The molecule has 128 valence electrons. The number of hydrogen-bond donors (Lipinski definition) is 0. The van der Waals surface area contributed by atoms with Crippen LogP contribution in [0.1, 0.15) is 6.92 Å². The summed E-state index contributed by atoms with van der Waals surface area (Å²) in [6.45, 7) is 4.55. The predicted molar refractivity (Wildman–Crippen MR) is 100 cm³/mol. The van der Waals surface area contributed by atoms with E-state index < -0.39 is 7.14 Å². The first kappa shape index (κ1) is 17.5. The van der Waals surface area contributed by atoms with Gasteiger partial charge in [-0.15, -0.1) is 0 Å². The first-order chi connectivity index (χ1) is 12.2. The van der Waals surface area contributed by atoms with Gasteiger partial charge in [-0.05, 0) is 6.92 Å². The van der Waals surface area contributed by atoms with Gasteiger partial charge in [0.05, 0.1) is 13.2 Å². The average Bonchev–Trinajstić information content (AvgIpc) is 2.70. The Labute approximate surface area is 148 Å². The average molecular weight is 352 g/mol. The molecule has 0 atom stereocenters. The molecule has 0 unspecified atom stereocenters. The molecule has 0 saturated carbocycles. The van der Waals surface area contributed by atoms with E-state index in [1.54, 1.807) is 0 Å². The molecule has 1 aliphatic rings. The second-order valence-electron chi connectivity index (χ2n) is 5.93. The van der Waals surface area contributed by atoms with E-state index in [1.165, 1.54) is 0 Å². The molecule has 5 heteroatoms. The van der Waals surface area contributed by atoms with Gasteiger partial charge in [0.2, 0.25) is 0 Å². The third-order valence-corrected chi connectivity index (χ3v) is 7.59. The maximum atomic E-state index is 14.3. The molecular weight excluding hydrogens is 331 g/mol. The molecule has 0 radical (unpaired) electrons. The van der Waals surface area contributed by atoms with Crippen molar-refractivity contribution in [3.8, 4) is 6.07 Å². The first-order valence-corrected chi connectivity index (χ1v) is 10.0. The molecule has 25 heavy (non-hydrogen) atoms. The maximum absolute atomic E-state index is 14.3. The summed E-state index contributed by atoms with van der Waals surface area (Å²) in [6.07, 6.45) is 0. The molecule has 0 N–H and O–H groups in total. The summed E-state index contributed by atoms with van der Waals surface area (Å²) in [6, 6.07) is 20.9. The molecule has 1 saturated heterocycles. The summed E-state index contributed by atoms with van der Waals surface area (Å²) >= 11 is 0. The molecule has 1 fully saturated rings. The summed E-state index contributed by atoms with van der Waals surface area (Å²) in [5.74, 6) is 0. The van der Waals surface area contributed by atoms with Crippen molar-refractivity contribution in [1.29, 1.82) is 5.26 Å². The minimum absolute atomic E-state index is 0.354. The Hall–Kier alpha value is -2.34. The molecule has 2 aromatic carbocycles. The van der Waals surface area contributed by atoms with Crippen molar-refractivity contribution in [1.82, 2.24) is 4.90 Å². The van der Waals surface area contributed by atoms with Crippen LogP contribution in [0.5, 0.6) is 0 Å². The maximum Gasteiger partial charge on any atom is 0.182 e. The first-order valence-electron chi connectivity index (χ1n) is 8.33. The standard InChI is InChI=1S/C20H21N2O2P/c1-17(22-12-14-24-15-13-22)20(16-21)25(23,18-8-4-2-5-9-18)19-10-6-3-7-11-19/h2-11H,12-15H2,1H3/b20-17-. The van der Waals surface area contributed by atoms with Crippen molar-refractivity contribution < 1.29 is 9.30 Å². The largest absolute Gasteiger partial charge is 0.378 e. The van der Waals surface area contributed by atoms with Crippen LogP contribution in [0.25, 0.3) is 0 Å². The number of rotatable bonds is 4. The highest BCUT2D eigenvalue weighted by molar-refractivity contribution is 7.82. The topological polar surface area (TPSA) is 53.3 Å². The summed E-state index contributed by atoms with van der Waals surface area (Å²) in [5, 5.41) is 11.7. The minimum Gasteiger partial charge on any atom is -0.378 e. The van der Waals surface area contributed by atoms with Crippen molar-refractivity contribution in [3.63, 3.8) is 0 Å². The van der Waals surface area contributed by atoms with Crippen LogP contribution in [-0.2, 0) is 9.30 Å². The molecule has 0 spiro atoms. The van der Waals surface area contributed by atoms with Crippen molar-refractivity contribution in [2.75, 3.05) is 26.3 Å². The Bertz CT molecular complexity index is 792. The number of morpholine rings is 1. The summed E-state index contributed by atoms with van der Waals surface area (Å²) < 4.78 is 19.7. The van der Waals surface area contributed by atoms with E-state index in [4.69, 9.17) is 4.74 Å². The lowest BCUT2D eigenvalue weighted by molar-refractivity contribution is 0.0536. The molecule has 1 heterocycles. The van der Waals surface area contributed by atoms with E-state index in [2.05, 4.69) is 11.0 Å². The van der Waals surface area contributed by atoms with Crippen molar-refractivity contribution in [3.05, 3.63) is 71.7 Å². The molecule has 0 amide bonds. The van der Waals surface area contributed by atoms with Gasteiger partial charge < -0.3 is 14.2 Å². The van der Waals surface area contributed by atoms with Gasteiger partial charge in [0.1, 0.15) is 11.4 Å². The van der Waals surface area contributed by atoms with Crippen LogP contribution in [0.4, 0.5) is 0 Å². The molecule has 0 aliphatic carbocycles. The highest BCUT2D eigenvalue weighted by Gasteiger charge is 2.35. The van der Waals surface area contributed by atoms with Crippen molar-refractivity contribution in [2.24, 2.45) is 0 Å². The van der Waals surface area contributed by atoms with Crippen LogP contribution in [-0.4, -0.2) is 31.2 Å².